The summed E-state index contributed by atoms with van der Waals surface area (Å²) in [4.78, 5) is 14.2. The van der Waals surface area contributed by atoms with Crippen molar-refractivity contribution >= 4 is 38.9 Å². The van der Waals surface area contributed by atoms with Crippen LogP contribution in [0, 0.1) is 0 Å². The first-order chi connectivity index (χ1) is 12.0. The van der Waals surface area contributed by atoms with Gasteiger partial charge in [0, 0.05) is 24.4 Å². The van der Waals surface area contributed by atoms with E-state index in [1.807, 2.05) is 11.9 Å². The molecule has 0 aliphatic heterocycles. The summed E-state index contributed by atoms with van der Waals surface area (Å²) in [7, 11) is 6.52. The van der Waals surface area contributed by atoms with Crippen molar-refractivity contribution in [1.82, 2.24) is 4.90 Å². The number of nitrogens with one attached hydrogen (secondary N) is 1. The molecule has 0 unspecified atom stereocenters. The monoisotopic (exact) mass is 428 g/mol. The molecule has 0 spiro atoms. The summed E-state index contributed by atoms with van der Waals surface area (Å²) in [5.41, 5.74) is 1.76. The van der Waals surface area contributed by atoms with Gasteiger partial charge in [0.25, 0.3) is 0 Å². The molecule has 0 aliphatic carbocycles. The van der Waals surface area contributed by atoms with Crippen molar-refractivity contribution in [1.29, 1.82) is 0 Å². The number of hydrogen-bond acceptors (Lipinski definition) is 6. The third-order valence-corrected chi connectivity index (χ3v) is 4.99. The highest BCUT2D eigenvalue weighted by Gasteiger charge is 2.15. The first-order valence-electron chi connectivity index (χ1n) is 7.48. The normalized spacial score (nSPS) is 10.6. The Hall–Kier alpha value is -1.77. The Bertz CT molecular complexity index is 710. The third kappa shape index (κ3) is 5.35. The lowest BCUT2D eigenvalue weighted by atomic mass is 10.2. The molecule has 1 aromatic heterocycles. The van der Waals surface area contributed by atoms with Crippen molar-refractivity contribution in [3.05, 3.63) is 32.9 Å². The fraction of sp³-hybridized carbons (Fsp3) is 0.353. The molecule has 25 heavy (non-hydrogen) atoms. The smallest absolute Gasteiger partial charge is 0.238 e. The van der Waals surface area contributed by atoms with E-state index >= 15 is 0 Å². The van der Waals surface area contributed by atoms with Crippen LogP contribution in [0.4, 0.5) is 5.69 Å². The van der Waals surface area contributed by atoms with Crippen molar-refractivity contribution in [2.24, 2.45) is 0 Å². The Morgan fingerprint density at radius 3 is 2.28 bits per heavy atom. The summed E-state index contributed by atoms with van der Waals surface area (Å²) >= 11 is 5.07. The number of likely N-dealkylation sites (N-methyl/N-ethyl adjacent to an activating group) is 1. The number of carbonyl (C=O) groups is 1. The summed E-state index contributed by atoms with van der Waals surface area (Å²) in [5, 5.41) is 4.93. The molecule has 1 N–H and O–H groups in total. The predicted octanol–water partition coefficient (Wildman–Crippen LogP) is 3.61. The largest absolute Gasteiger partial charge is 0.493 e. The number of thiophene rings is 1. The van der Waals surface area contributed by atoms with Gasteiger partial charge in [-0.05, 0) is 40.0 Å². The molecule has 8 heteroatoms. The average Bonchev–Trinajstić information content (AvgIpc) is 2.98. The number of ether oxygens (including phenoxy) is 3. The molecule has 1 aromatic carbocycles. The Kier molecular flexibility index (Phi) is 7.10. The molecule has 136 valence electrons. The zero-order valence-electron chi connectivity index (χ0n) is 14.6. The predicted molar refractivity (Wildman–Crippen MR) is 103 cm³/mol. The summed E-state index contributed by atoms with van der Waals surface area (Å²) in [6.07, 6.45) is 0. The van der Waals surface area contributed by atoms with Crippen molar-refractivity contribution in [2.75, 3.05) is 40.2 Å². The Balaban J connectivity index is 2.02. The molecule has 1 heterocycles. The molecule has 0 saturated heterocycles. The minimum atomic E-state index is -0.119. The van der Waals surface area contributed by atoms with Gasteiger partial charge in [0.2, 0.25) is 11.7 Å². The van der Waals surface area contributed by atoms with Crippen LogP contribution in [0.25, 0.3) is 0 Å². The lowest BCUT2D eigenvalue weighted by molar-refractivity contribution is -0.117. The van der Waals surface area contributed by atoms with E-state index in [4.69, 9.17) is 14.2 Å². The van der Waals surface area contributed by atoms with E-state index in [2.05, 4.69) is 32.7 Å². The van der Waals surface area contributed by atoms with Crippen LogP contribution in [0.1, 0.15) is 5.56 Å². The van der Waals surface area contributed by atoms with Gasteiger partial charge in [0.15, 0.2) is 11.5 Å². The maximum atomic E-state index is 12.3. The van der Waals surface area contributed by atoms with E-state index in [1.165, 1.54) is 26.9 Å². The zero-order chi connectivity index (χ0) is 18.4. The summed E-state index contributed by atoms with van der Waals surface area (Å²) < 4.78 is 16.9. The third-order valence-electron chi connectivity index (χ3n) is 3.44. The summed E-state index contributed by atoms with van der Waals surface area (Å²) in [5.74, 6) is 1.36. The van der Waals surface area contributed by atoms with E-state index in [0.29, 0.717) is 29.5 Å². The van der Waals surface area contributed by atoms with Gasteiger partial charge in [-0.3, -0.25) is 9.69 Å². The number of nitrogens with zero attached hydrogens (tertiary/aromatic N) is 1. The van der Waals surface area contributed by atoms with Gasteiger partial charge in [-0.15, -0.1) is 11.3 Å². The quantitative estimate of drug-likeness (QED) is 0.695. The van der Waals surface area contributed by atoms with Gasteiger partial charge in [0.05, 0.1) is 31.7 Å². The van der Waals surface area contributed by atoms with E-state index in [-0.39, 0.29) is 12.5 Å². The molecular weight excluding hydrogens is 408 g/mol. The summed E-state index contributed by atoms with van der Waals surface area (Å²) in [6.45, 7) is 0.967. The number of anilines is 1. The van der Waals surface area contributed by atoms with Gasteiger partial charge in [0.1, 0.15) is 0 Å². The molecule has 0 aliphatic rings. The van der Waals surface area contributed by atoms with E-state index in [9.17, 15) is 4.79 Å². The lowest BCUT2D eigenvalue weighted by Crippen LogP contribution is -2.29. The van der Waals surface area contributed by atoms with E-state index in [1.54, 1.807) is 23.5 Å². The second kappa shape index (κ2) is 9.07. The van der Waals surface area contributed by atoms with Crippen LogP contribution in [0.15, 0.2) is 27.4 Å². The van der Waals surface area contributed by atoms with Crippen LogP contribution in [0.3, 0.4) is 0 Å². The van der Waals surface area contributed by atoms with Crippen LogP contribution in [0.5, 0.6) is 17.2 Å². The topological polar surface area (TPSA) is 60.0 Å². The highest BCUT2D eigenvalue weighted by Crippen LogP contribution is 2.39. The zero-order valence-corrected chi connectivity index (χ0v) is 17.0. The molecule has 0 saturated carbocycles. The molecule has 2 aromatic rings. The number of methoxy groups -OCH3 is 3. The minimum absolute atomic E-state index is 0.119. The van der Waals surface area contributed by atoms with Crippen molar-refractivity contribution in [2.45, 2.75) is 6.54 Å². The minimum Gasteiger partial charge on any atom is -0.493 e. The van der Waals surface area contributed by atoms with Gasteiger partial charge in [-0.25, -0.2) is 0 Å². The fourth-order valence-corrected chi connectivity index (χ4v) is 3.60. The first kappa shape index (κ1) is 19.6. The van der Waals surface area contributed by atoms with Crippen molar-refractivity contribution in [3.63, 3.8) is 0 Å². The van der Waals surface area contributed by atoms with Crippen LogP contribution in [-0.4, -0.2) is 45.7 Å². The standard InChI is InChI=1S/C17H21BrN2O4S/c1-20(8-11-5-15(18)25-10-11)9-16(21)19-12-6-13(22-2)17(24-4)14(7-12)23-3/h5-7,10H,8-9H2,1-4H3,(H,19,21). The van der Waals surface area contributed by atoms with E-state index < -0.39 is 0 Å². The second-order valence-electron chi connectivity index (χ2n) is 5.39. The Morgan fingerprint density at radius 2 is 1.80 bits per heavy atom. The summed E-state index contributed by atoms with van der Waals surface area (Å²) in [6, 6.07) is 5.46. The van der Waals surface area contributed by atoms with Crippen LogP contribution in [-0.2, 0) is 11.3 Å². The lowest BCUT2D eigenvalue weighted by Gasteiger charge is -2.17. The number of rotatable bonds is 8. The van der Waals surface area contributed by atoms with Gasteiger partial charge < -0.3 is 19.5 Å². The molecule has 2 rings (SSSR count). The first-order valence-corrected chi connectivity index (χ1v) is 9.15. The molecule has 0 fully saturated rings. The highest BCUT2D eigenvalue weighted by atomic mass is 79.9. The van der Waals surface area contributed by atoms with Crippen molar-refractivity contribution in [3.8, 4) is 17.2 Å². The van der Waals surface area contributed by atoms with Crippen LogP contribution in [0.2, 0.25) is 0 Å². The molecule has 1 amide bonds. The van der Waals surface area contributed by atoms with Crippen molar-refractivity contribution < 1.29 is 19.0 Å². The number of halogens is 1. The maximum Gasteiger partial charge on any atom is 0.238 e. The van der Waals surface area contributed by atoms with Gasteiger partial charge in [-0.2, -0.15) is 0 Å². The van der Waals surface area contributed by atoms with Crippen LogP contribution >= 0.6 is 27.3 Å². The van der Waals surface area contributed by atoms with Gasteiger partial charge >= 0.3 is 0 Å². The van der Waals surface area contributed by atoms with Gasteiger partial charge in [-0.1, -0.05) is 0 Å². The SMILES string of the molecule is COc1cc(NC(=O)CN(C)Cc2csc(Br)c2)cc(OC)c1OC. The molecule has 0 atom stereocenters. The fourth-order valence-electron chi connectivity index (χ4n) is 2.40. The molecular formula is C17H21BrN2O4S. The number of carbonyl (C=O) groups excluding carboxylic acids is 1. The number of benzene rings is 1. The molecule has 0 bridgehead atoms. The maximum absolute atomic E-state index is 12.3. The second-order valence-corrected chi connectivity index (χ2v) is 7.68. The molecule has 0 radical (unpaired) electrons. The molecule has 6 nitrogen and oxygen atoms in total. The highest BCUT2D eigenvalue weighted by molar-refractivity contribution is 9.11. The van der Waals surface area contributed by atoms with E-state index in [0.717, 1.165) is 3.79 Å². The number of hydrogen-bond donors (Lipinski definition) is 1. The Morgan fingerprint density at radius 1 is 1.16 bits per heavy atom. The average molecular weight is 429 g/mol. The Labute approximate surface area is 159 Å². The van der Waals surface area contributed by atoms with Crippen LogP contribution < -0.4 is 19.5 Å². The number of amides is 1.